The summed E-state index contributed by atoms with van der Waals surface area (Å²) in [5.74, 6) is -0.321. The molecule has 0 saturated heterocycles. The van der Waals surface area contributed by atoms with Crippen LogP contribution in [0.2, 0.25) is 0 Å². The zero-order valence-corrected chi connectivity index (χ0v) is 12.7. The summed E-state index contributed by atoms with van der Waals surface area (Å²) < 4.78 is 0. The third-order valence-electron chi connectivity index (χ3n) is 4.28. The van der Waals surface area contributed by atoms with E-state index in [-0.39, 0.29) is 16.8 Å². The molecular weight excluding hydrogens is 274 g/mol. The Balaban J connectivity index is 1.96. The van der Waals surface area contributed by atoms with Gasteiger partial charge in [0.2, 0.25) is 11.8 Å². The molecule has 0 aliphatic heterocycles. The standard InChI is InChI=1S/C14H23N3O2S/c1-9(11(18)17-10-5-6-10)16-13(19)14(12(15)20)7-3-2-4-8-14/h9-10H,2-8H2,1H3,(H2,15,20)(H,16,19)(H,17,18). The monoisotopic (exact) mass is 297 g/mol. The first kappa shape index (κ1) is 15.2. The molecule has 4 N–H and O–H groups in total. The maximum atomic E-state index is 12.5. The van der Waals surface area contributed by atoms with Crippen LogP contribution in [0, 0.1) is 5.41 Å². The number of hydrogen-bond donors (Lipinski definition) is 3. The summed E-state index contributed by atoms with van der Waals surface area (Å²) >= 11 is 5.12. The van der Waals surface area contributed by atoms with Gasteiger partial charge in [0.25, 0.3) is 0 Å². The van der Waals surface area contributed by atoms with Crippen LogP contribution in [0.4, 0.5) is 0 Å². The highest BCUT2D eigenvalue weighted by Crippen LogP contribution is 2.37. The molecule has 1 atom stereocenters. The van der Waals surface area contributed by atoms with E-state index in [1.807, 2.05) is 0 Å². The van der Waals surface area contributed by atoms with E-state index in [0.717, 1.165) is 32.1 Å². The van der Waals surface area contributed by atoms with Gasteiger partial charge in [0.1, 0.15) is 6.04 Å². The van der Waals surface area contributed by atoms with Gasteiger partial charge in [0.05, 0.1) is 10.4 Å². The smallest absolute Gasteiger partial charge is 0.242 e. The van der Waals surface area contributed by atoms with E-state index in [1.54, 1.807) is 6.92 Å². The highest BCUT2D eigenvalue weighted by molar-refractivity contribution is 7.80. The summed E-state index contributed by atoms with van der Waals surface area (Å²) in [7, 11) is 0. The van der Waals surface area contributed by atoms with Gasteiger partial charge >= 0.3 is 0 Å². The van der Waals surface area contributed by atoms with Gasteiger partial charge in [-0.2, -0.15) is 0 Å². The molecule has 0 aromatic rings. The molecule has 2 saturated carbocycles. The molecule has 2 rings (SSSR count). The number of hydrogen-bond acceptors (Lipinski definition) is 3. The van der Waals surface area contributed by atoms with E-state index in [1.165, 1.54) is 0 Å². The first-order valence-electron chi connectivity index (χ1n) is 7.37. The Labute approximate surface area is 125 Å². The molecule has 2 amide bonds. The summed E-state index contributed by atoms with van der Waals surface area (Å²) in [6, 6.07) is -0.252. The summed E-state index contributed by atoms with van der Waals surface area (Å²) in [6.07, 6.45) is 6.44. The number of nitrogens with one attached hydrogen (secondary N) is 2. The van der Waals surface area contributed by atoms with E-state index in [2.05, 4.69) is 10.6 Å². The maximum absolute atomic E-state index is 12.5. The zero-order chi connectivity index (χ0) is 14.8. The molecule has 2 aliphatic carbocycles. The lowest BCUT2D eigenvalue weighted by molar-refractivity contribution is -0.133. The van der Waals surface area contributed by atoms with Crippen molar-refractivity contribution in [2.45, 2.75) is 64.0 Å². The third kappa shape index (κ3) is 3.29. The minimum absolute atomic E-state index is 0.130. The number of amides is 2. The fourth-order valence-electron chi connectivity index (χ4n) is 2.69. The largest absolute Gasteiger partial charge is 0.392 e. The van der Waals surface area contributed by atoms with E-state index in [0.29, 0.717) is 18.9 Å². The molecule has 0 aromatic carbocycles. The normalized spacial score (nSPS) is 22.6. The van der Waals surface area contributed by atoms with Crippen LogP contribution >= 0.6 is 12.2 Å². The van der Waals surface area contributed by atoms with Gasteiger partial charge in [-0.15, -0.1) is 0 Å². The Morgan fingerprint density at radius 3 is 2.35 bits per heavy atom. The van der Waals surface area contributed by atoms with E-state index >= 15 is 0 Å². The van der Waals surface area contributed by atoms with E-state index in [9.17, 15) is 9.59 Å². The van der Waals surface area contributed by atoms with Gasteiger partial charge in [-0.3, -0.25) is 9.59 Å². The Morgan fingerprint density at radius 2 is 1.85 bits per heavy atom. The molecule has 20 heavy (non-hydrogen) atoms. The third-order valence-corrected chi connectivity index (χ3v) is 4.67. The number of thiocarbonyl (C=S) groups is 1. The molecule has 1 unspecified atom stereocenters. The minimum Gasteiger partial charge on any atom is -0.392 e. The number of rotatable bonds is 5. The number of carbonyl (C=O) groups excluding carboxylic acids is 2. The molecule has 0 radical (unpaired) electrons. The quantitative estimate of drug-likeness (QED) is 0.661. The summed E-state index contributed by atoms with van der Waals surface area (Å²) in [6.45, 7) is 1.70. The lowest BCUT2D eigenvalue weighted by Gasteiger charge is -2.35. The second-order valence-electron chi connectivity index (χ2n) is 5.99. The van der Waals surface area contributed by atoms with Crippen molar-refractivity contribution in [2.75, 3.05) is 0 Å². The molecular formula is C14H23N3O2S. The summed E-state index contributed by atoms with van der Waals surface area (Å²) in [5.41, 5.74) is 5.05. The van der Waals surface area contributed by atoms with Crippen LogP contribution in [0.5, 0.6) is 0 Å². The Kier molecular flexibility index (Phi) is 4.62. The van der Waals surface area contributed by atoms with Gasteiger partial charge < -0.3 is 16.4 Å². The molecule has 5 nitrogen and oxygen atoms in total. The summed E-state index contributed by atoms with van der Waals surface area (Å²) in [4.78, 5) is 24.7. The van der Waals surface area contributed by atoms with Crippen molar-refractivity contribution >= 4 is 29.0 Å². The van der Waals surface area contributed by atoms with Crippen LogP contribution in [-0.4, -0.2) is 28.9 Å². The Hall–Kier alpha value is -1.17. The molecule has 0 heterocycles. The van der Waals surface area contributed by atoms with Gasteiger partial charge in [0.15, 0.2) is 0 Å². The van der Waals surface area contributed by atoms with Crippen molar-refractivity contribution in [3.8, 4) is 0 Å². The summed E-state index contributed by atoms with van der Waals surface area (Å²) in [5, 5.41) is 5.67. The van der Waals surface area contributed by atoms with Crippen molar-refractivity contribution in [1.82, 2.24) is 10.6 Å². The lowest BCUT2D eigenvalue weighted by atomic mass is 9.73. The average Bonchev–Trinajstić information content (AvgIpc) is 3.23. The zero-order valence-electron chi connectivity index (χ0n) is 11.9. The van der Waals surface area contributed by atoms with Gasteiger partial charge in [-0.1, -0.05) is 31.5 Å². The van der Waals surface area contributed by atoms with Crippen LogP contribution in [0.15, 0.2) is 0 Å². The molecule has 0 bridgehead atoms. The highest BCUT2D eigenvalue weighted by atomic mass is 32.1. The van der Waals surface area contributed by atoms with Gasteiger partial charge in [0, 0.05) is 6.04 Å². The Bertz CT molecular complexity index is 415. The predicted octanol–water partition coefficient (Wildman–Crippen LogP) is 1.01. The van der Waals surface area contributed by atoms with Crippen molar-refractivity contribution in [3.63, 3.8) is 0 Å². The predicted molar refractivity (Wildman–Crippen MR) is 81.1 cm³/mol. The Morgan fingerprint density at radius 1 is 1.25 bits per heavy atom. The molecule has 6 heteroatoms. The SMILES string of the molecule is CC(NC(=O)C1(C(N)=S)CCCCC1)C(=O)NC1CC1. The van der Waals surface area contributed by atoms with E-state index in [4.69, 9.17) is 18.0 Å². The second-order valence-corrected chi connectivity index (χ2v) is 6.42. The number of carbonyl (C=O) groups is 2. The first-order valence-corrected chi connectivity index (χ1v) is 7.78. The first-order chi connectivity index (χ1) is 9.45. The second kappa shape index (κ2) is 6.08. The molecule has 2 aliphatic rings. The van der Waals surface area contributed by atoms with Gasteiger partial charge in [-0.25, -0.2) is 0 Å². The number of nitrogens with two attached hydrogens (primary N) is 1. The minimum atomic E-state index is -0.762. The molecule has 2 fully saturated rings. The maximum Gasteiger partial charge on any atom is 0.242 e. The van der Waals surface area contributed by atoms with Crippen molar-refractivity contribution in [2.24, 2.45) is 11.1 Å². The molecule has 0 spiro atoms. The highest BCUT2D eigenvalue weighted by Gasteiger charge is 2.43. The van der Waals surface area contributed by atoms with Crippen LogP contribution in [0.25, 0.3) is 0 Å². The van der Waals surface area contributed by atoms with Gasteiger partial charge in [-0.05, 0) is 32.6 Å². The molecule has 112 valence electrons. The van der Waals surface area contributed by atoms with Crippen molar-refractivity contribution in [3.05, 3.63) is 0 Å². The molecule has 0 aromatic heterocycles. The van der Waals surface area contributed by atoms with E-state index < -0.39 is 11.5 Å². The van der Waals surface area contributed by atoms with Crippen LogP contribution in [0.3, 0.4) is 0 Å². The van der Waals surface area contributed by atoms with Crippen molar-refractivity contribution in [1.29, 1.82) is 0 Å². The fraction of sp³-hybridized carbons (Fsp3) is 0.786. The van der Waals surface area contributed by atoms with Crippen LogP contribution in [-0.2, 0) is 9.59 Å². The van der Waals surface area contributed by atoms with Crippen molar-refractivity contribution < 1.29 is 9.59 Å². The average molecular weight is 297 g/mol. The lowest BCUT2D eigenvalue weighted by Crippen LogP contribution is -2.55. The van der Waals surface area contributed by atoms with Crippen LogP contribution in [0.1, 0.15) is 51.9 Å². The fourth-order valence-corrected chi connectivity index (χ4v) is 2.99. The topological polar surface area (TPSA) is 84.2 Å². The van der Waals surface area contributed by atoms with Crippen LogP contribution < -0.4 is 16.4 Å².